The van der Waals surface area contributed by atoms with E-state index in [2.05, 4.69) is 20.0 Å². The maximum Gasteiger partial charge on any atom is 0.439 e. The number of nitrogens with one attached hydrogen (secondary N) is 2. The van der Waals surface area contributed by atoms with Gasteiger partial charge < -0.3 is 29.3 Å². The molecule has 15 nitrogen and oxygen atoms in total. The fraction of sp³-hybridized carbons (Fsp3) is 0.406. The van der Waals surface area contributed by atoms with Gasteiger partial charge in [0.05, 0.1) is 20.6 Å². The lowest BCUT2D eigenvalue weighted by Crippen LogP contribution is -2.63. The van der Waals surface area contributed by atoms with Crippen LogP contribution in [-0.4, -0.2) is 101 Å². The third-order valence-corrected chi connectivity index (χ3v) is 7.26. The van der Waals surface area contributed by atoms with Gasteiger partial charge in [0.25, 0.3) is 5.91 Å². The molecule has 1 aliphatic heterocycles. The lowest BCUT2D eigenvalue weighted by atomic mass is 10.0. The number of amides is 3. The molecular weight excluding hydrogens is 614 g/mol. The zero-order valence-corrected chi connectivity index (χ0v) is 26.7. The highest BCUT2D eigenvalue weighted by Gasteiger charge is 2.42. The van der Waals surface area contributed by atoms with E-state index in [1.54, 1.807) is 57.2 Å². The van der Waals surface area contributed by atoms with Crippen LogP contribution in [0.5, 0.6) is 5.75 Å². The van der Waals surface area contributed by atoms with E-state index in [1.807, 2.05) is 0 Å². The molecule has 2 heterocycles. The Balaban J connectivity index is 1.59. The van der Waals surface area contributed by atoms with Crippen molar-refractivity contribution in [2.24, 2.45) is 0 Å². The van der Waals surface area contributed by atoms with E-state index in [0.717, 1.165) is 0 Å². The molecule has 0 radical (unpaired) electrons. The summed E-state index contributed by atoms with van der Waals surface area (Å²) in [6.45, 7) is 4.72. The maximum atomic E-state index is 14.2. The van der Waals surface area contributed by atoms with Crippen molar-refractivity contribution < 1.29 is 42.7 Å². The first kappa shape index (κ1) is 34.4. The molecule has 0 spiro atoms. The molecule has 1 aliphatic rings. The molecule has 0 unspecified atom stereocenters. The largest absolute Gasteiger partial charge is 0.497 e. The van der Waals surface area contributed by atoms with Crippen LogP contribution in [0.1, 0.15) is 43.1 Å². The summed E-state index contributed by atoms with van der Waals surface area (Å²) in [5, 5.41) is 6.40. The number of piperazine rings is 1. The summed E-state index contributed by atoms with van der Waals surface area (Å²) >= 11 is 0. The third-order valence-electron chi connectivity index (χ3n) is 7.26. The van der Waals surface area contributed by atoms with Gasteiger partial charge in [0.2, 0.25) is 11.8 Å². The Labute approximate surface area is 270 Å². The van der Waals surface area contributed by atoms with Gasteiger partial charge in [-0.3, -0.25) is 33.5 Å². The van der Waals surface area contributed by atoms with Gasteiger partial charge >= 0.3 is 17.7 Å². The van der Waals surface area contributed by atoms with Crippen molar-refractivity contribution in [3.05, 3.63) is 70.2 Å². The van der Waals surface area contributed by atoms with Crippen LogP contribution >= 0.6 is 0 Å². The smallest absolute Gasteiger partial charge is 0.439 e. The van der Waals surface area contributed by atoms with E-state index in [4.69, 9.17) is 14.2 Å². The number of aromatic nitrogens is 2. The number of aromatic amines is 1. The van der Waals surface area contributed by atoms with Crippen molar-refractivity contribution in [3.8, 4) is 17.1 Å². The zero-order valence-electron chi connectivity index (χ0n) is 26.7. The second-order valence-electron chi connectivity index (χ2n) is 11.8. The average molecular weight is 652 g/mol. The molecular formula is C32H37N5O10. The molecule has 0 saturated carbocycles. The third kappa shape index (κ3) is 9.05. The summed E-state index contributed by atoms with van der Waals surface area (Å²) in [7, 11) is 2.69. The highest BCUT2D eigenvalue weighted by molar-refractivity contribution is 5.99. The lowest BCUT2D eigenvalue weighted by Gasteiger charge is -2.41. The second-order valence-corrected chi connectivity index (χ2v) is 11.8. The van der Waals surface area contributed by atoms with E-state index in [-0.39, 0.29) is 37.4 Å². The molecule has 1 fully saturated rings. The minimum atomic E-state index is -1.29. The predicted octanol–water partition coefficient (Wildman–Crippen LogP) is 1.32. The summed E-state index contributed by atoms with van der Waals surface area (Å²) in [5.74, 6) is -3.13. The molecule has 0 aliphatic carbocycles. The van der Waals surface area contributed by atoms with E-state index >= 15 is 0 Å². The number of hydrogen-bond donors (Lipinski definition) is 2. The summed E-state index contributed by atoms with van der Waals surface area (Å²) in [4.78, 5) is 82.4. The Morgan fingerprint density at radius 3 is 2.26 bits per heavy atom. The van der Waals surface area contributed by atoms with Crippen LogP contribution in [-0.2, 0) is 35.1 Å². The SMILES string of the molecule is COC(=O)C[C@H]1C(=O)N(CC(=O)OC(C)(C)C)CCN1C(=O)[C@H](Cc1ccc(OC)cc1)NC(=O)c1ccc(-c2noc(=O)[nH]2)cc1. The zero-order chi connectivity index (χ0) is 34.3. The fourth-order valence-electron chi connectivity index (χ4n) is 5.00. The summed E-state index contributed by atoms with van der Waals surface area (Å²) in [6.07, 6.45) is -0.412. The molecule has 3 amide bonds. The van der Waals surface area contributed by atoms with Crippen LogP contribution < -0.4 is 15.8 Å². The van der Waals surface area contributed by atoms with Gasteiger partial charge in [0, 0.05) is 30.6 Å². The average Bonchev–Trinajstić information content (AvgIpc) is 3.47. The number of hydrogen-bond acceptors (Lipinski definition) is 11. The maximum absolute atomic E-state index is 14.2. The van der Waals surface area contributed by atoms with Crippen molar-refractivity contribution in [1.29, 1.82) is 0 Å². The van der Waals surface area contributed by atoms with Gasteiger partial charge in [-0.25, -0.2) is 4.79 Å². The van der Waals surface area contributed by atoms with Gasteiger partial charge in [-0.1, -0.05) is 29.4 Å². The molecule has 47 heavy (non-hydrogen) atoms. The number of H-pyrrole nitrogens is 1. The first-order valence-electron chi connectivity index (χ1n) is 14.8. The summed E-state index contributed by atoms with van der Waals surface area (Å²) in [6, 6.07) is 10.6. The number of carbonyl (C=O) groups is 5. The van der Waals surface area contributed by atoms with Crippen LogP contribution in [0.25, 0.3) is 11.4 Å². The summed E-state index contributed by atoms with van der Waals surface area (Å²) < 4.78 is 19.9. The molecule has 1 aromatic heterocycles. The van der Waals surface area contributed by atoms with Gasteiger partial charge in [-0.05, 0) is 50.6 Å². The Kier molecular flexibility index (Phi) is 10.8. The van der Waals surface area contributed by atoms with Crippen LogP contribution in [0.3, 0.4) is 0 Å². The van der Waals surface area contributed by atoms with Crippen molar-refractivity contribution in [2.75, 3.05) is 33.9 Å². The van der Waals surface area contributed by atoms with Crippen molar-refractivity contribution >= 4 is 29.7 Å². The Bertz CT molecular complexity index is 1660. The van der Waals surface area contributed by atoms with Gasteiger partial charge in [-0.2, -0.15) is 0 Å². The van der Waals surface area contributed by atoms with E-state index < -0.39 is 59.5 Å². The molecule has 2 aromatic carbocycles. The van der Waals surface area contributed by atoms with Crippen molar-refractivity contribution in [2.45, 2.75) is 51.3 Å². The van der Waals surface area contributed by atoms with E-state index in [9.17, 15) is 28.8 Å². The number of esters is 2. The predicted molar refractivity (Wildman–Crippen MR) is 165 cm³/mol. The quantitative estimate of drug-likeness (QED) is 0.284. The fourth-order valence-corrected chi connectivity index (χ4v) is 5.00. The standard InChI is InChI=1S/C32H37N5O10/c1-32(2,3)46-26(39)18-36-14-15-37(24(30(36)42)17-25(38)45-5)29(41)23(16-19-6-12-22(44-4)13-7-19)33-28(40)21-10-8-20(9-11-21)27-34-31(43)47-35-27/h6-13,23-24H,14-18H2,1-5H3,(H,33,40)(H,34,35,43)/t23-,24-/m0/s1. The number of benzene rings is 2. The molecule has 2 atom stereocenters. The minimum absolute atomic E-state index is 0.00368. The van der Waals surface area contributed by atoms with Gasteiger partial charge in [0.15, 0.2) is 5.82 Å². The highest BCUT2D eigenvalue weighted by Crippen LogP contribution is 2.21. The number of nitrogens with zero attached hydrogens (tertiary/aromatic N) is 3. The van der Waals surface area contributed by atoms with Crippen molar-refractivity contribution in [1.82, 2.24) is 25.3 Å². The minimum Gasteiger partial charge on any atom is -0.497 e. The summed E-state index contributed by atoms with van der Waals surface area (Å²) in [5.41, 5.74) is 0.614. The highest BCUT2D eigenvalue weighted by atomic mass is 16.6. The lowest BCUT2D eigenvalue weighted by molar-refractivity contribution is -0.164. The van der Waals surface area contributed by atoms with E-state index in [0.29, 0.717) is 16.9 Å². The van der Waals surface area contributed by atoms with E-state index in [1.165, 1.54) is 36.2 Å². The number of ether oxygens (including phenoxy) is 3. The molecule has 2 N–H and O–H groups in total. The molecule has 15 heteroatoms. The Morgan fingerprint density at radius 2 is 1.68 bits per heavy atom. The first-order valence-corrected chi connectivity index (χ1v) is 14.8. The first-order chi connectivity index (χ1) is 22.3. The van der Waals surface area contributed by atoms with Crippen molar-refractivity contribution in [3.63, 3.8) is 0 Å². The number of methoxy groups -OCH3 is 2. The molecule has 3 aromatic rings. The van der Waals surface area contributed by atoms with Gasteiger partial charge in [0.1, 0.15) is 30.0 Å². The Hall–Kier alpha value is -5.47. The van der Waals surface area contributed by atoms with Crippen LogP contribution in [0.4, 0.5) is 0 Å². The monoisotopic (exact) mass is 651 g/mol. The number of carbonyl (C=O) groups excluding carboxylic acids is 5. The number of rotatable bonds is 11. The molecule has 0 bridgehead atoms. The van der Waals surface area contributed by atoms with Crippen LogP contribution in [0.2, 0.25) is 0 Å². The van der Waals surface area contributed by atoms with Crippen LogP contribution in [0, 0.1) is 0 Å². The normalized spacial score (nSPS) is 15.5. The Morgan fingerprint density at radius 1 is 1.00 bits per heavy atom. The van der Waals surface area contributed by atoms with Gasteiger partial charge in [-0.15, -0.1) is 0 Å². The molecule has 1 saturated heterocycles. The second kappa shape index (κ2) is 14.7. The van der Waals surface area contributed by atoms with Crippen LogP contribution in [0.15, 0.2) is 57.8 Å². The molecule has 250 valence electrons. The topological polar surface area (TPSA) is 190 Å². The molecule has 4 rings (SSSR count).